The average molecular weight is 181 g/mol. The topological polar surface area (TPSA) is 43.1 Å². The smallest absolute Gasteiger partial charge is 0.244 e. The van der Waals surface area contributed by atoms with Crippen LogP contribution < -0.4 is 5.73 Å². The second-order valence-electron chi connectivity index (χ2n) is 3.08. The third-order valence-corrected chi connectivity index (χ3v) is 1.90. The summed E-state index contributed by atoms with van der Waals surface area (Å²) >= 11 is 0. The minimum atomic E-state index is -0.294. The van der Waals surface area contributed by atoms with Crippen molar-refractivity contribution in [1.29, 1.82) is 0 Å². The maximum atomic E-state index is 10.9. The van der Waals surface area contributed by atoms with Crippen LogP contribution in [-0.4, -0.2) is 5.91 Å². The molecule has 0 atom stereocenters. The molecule has 0 aromatic rings. The molecule has 2 heteroatoms. The highest BCUT2D eigenvalue weighted by Gasteiger charge is 2.02. The first kappa shape index (κ1) is 11.9. The van der Waals surface area contributed by atoms with Crippen molar-refractivity contribution in [1.82, 2.24) is 0 Å². The number of hydrogen-bond acceptors (Lipinski definition) is 1. The van der Waals surface area contributed by atoms with Crippen LogP contribution in [0.4, 0.5) is 0 Å². The molecule has 0 fully saturated rings. The fourth-order valence-corrected chi connectivity index (χ4v) is 1.12. The molecule has 0 aromatic heterocycles. The fourth-order valence-electron chi connectivity index (χ4n) is 1.12. The van der Waals surface area contributed by atoms with Crippen molar-refractivity contribution < 1.29 is 4.79 Å². The Labute approximate surface area is 80.5 Å². The van der Waals surface area contributed by atoms with E-state index in [-0.39, 0.29) is 5.91 Å². The van der Waals surface area contributed by atoms with Gasteiger partial charge in [-0.1, -0.05) is 31.9 Å². The van der Waals surface area contributed by atoms with Gasteiger partial charge in [-0.15, -0.1) is 6.58 Å². The largest absolute Gasteiger partial charge is 0.366 e. The lowest BCUT2D eigenvalue weighted by Gasteiger charge is -2.01. The van der Waals surface area contributed by atoms with Gasteiger partial charge in [-0.3, -0.25) is 4.79 Å². The van der Waals surface area contributed by atoms with Crippen molar-refractivity contribution >= 4 is 5.91 Å². The summed E-state index contributed by atoms with van der Waals surface area (Å²) in [5.41, 5.74) is 5.96. The van der Waals surface area contributed by atoms with Crippen LogP contribution in [0.3, 0.4) is 0 Å². The van der Waals surface area contributed by atoms with Crippen LogP contribution in [0, 0.1) is 0 Å². The van der Waals surface area contributed by atoms with E-state index in [2.05, 4.69) is 13.5 Å². The molecule has 0 aliphatic heterocycles. The first-order valence-electron chi connectivity index (χ1n) is 4.82. The highest BCUT2D eigenvalue weighted by molar-refractivity contribution is 5.91. The lowest BCUT2D eigenvalue weighted by Crippen LogP contribution is -2.13. The van der Waals surface area contributed by atoms with E-state index in [4.69, 9.17) is 5.73 Å². The lowest BCUT2D eigenvalue weighted by atomic mass is 10.1. The van der Waals surface area contributed by atoms with E-state index in [1.165, 1.54) is 0 Å². The molecule has 1 amide bonds. The first-order valence-corrected chi connectivity index (χ1v) is 4.82. The van der Waals surface area contributed by atoms with Gasteiger partial charge in [0.2, 0.25) is 5.91 Å². The van der Waals surface area contributed by atoms with E-state index in [1.54, 1.807) is 6.08 Å². The van der Waals surface area contributed by atoms with Crippen LogP contribution in [0.1, 0.15) is 39.0 Å². The molecule has 0 aliphatic carbocycles. The van der Waals surface area contributed by atoms with Gasteiger partial charge in [0.05, 0.1) is 0 Å². The van der Waals surface area contributed by atoms with Gasteiger partial charge in [0, 0.05) is 5.57 Å². The van der Waals surface area contributed by atoms with Gasteiger partial charge in [-0.05, 0) is 19.3 Å². The van der Waals surface area contributed by atoms with Crippen LogP contribution in [0.25, 0.3) is 0 Å². The van der Waals surface area contributed by atoms with Crippen LogP contribution in [0.2, 0.25) is 0 Å². The SMILES string of the molecule is C=CCC=C(CCCCC)C(N)=O. The Morgan fingerprint density at radius 2 is 2.15 bits per heavy atom. The summed E-state index contributed by atoms with van der Waals surface area (Å²) < 4.78 is 0. The van der Waals surface area contributed by atoms with Crippen LogP contribution in [0.15, 0.2) is 24.3 Å². The third kappa shape index (κ3) is 6.14. The zero-order valence-corrected chi connectivity index (χ0v) is 8.38. The van der Waals surface area contributed by atoms with Crippen molar-refractivity contribution in [3.05, 3.63) is 24.3 Å². The maximum absolute atomic E-state index is 10.9. The van der Waals surface area contributed by atoms with Gasteiger partial charge >= 0.3 is 0 Å². The third-order valence-electron chi connectivity index (χ3n) is 1.90. The van der Waals surface area contributed by atoms with E-state index in [0.29, 0.717) is 0 Å². The molecule has 0 aromatic carbocycles. The molecular formula is C11H19NO. The molecule has 0 aliphatic rings. The highest BCUT2D eigenvalue weighted by Crippen LogP contribution is 2.09. The Bertz CT molecular complexity index is 194. The molecule has 0 radical (unpaired) electrons. The Balaban J connectivity index is 3.94. The number of nitrogens with two attached hydrogens (primary N) is 1. The van der Waals surface area contributed by atoms with E-state index in [0.717, 1.165) is 37.7 Å². The number of rotatable bonds is 7. The van der Waals surface area contributed by atoms with Crippen LogP contribution >= 0.6 is 0 Å². The number of amides is 1. The van der Waals surface area contributed by atoms with Crippen molar-refractivity contribution in [2.45, 2.75) is 39.0 Å². The molecule has 0 rings (SSSR count). The standard InChI is InChI=1S/C11H19NO/c1-3-5-7-9-10(11(12)13)8-6-4-2/h4,8H,2-3,5-7,9H2,1H3,(H2,12,13). The van der Waals surface area contributed by atoms with Crippen molar-refractivity contribution in [3.63, 3.8) is 0 Å². The Morgan fingerprint density at radius 1 is 1.46 bits per heavy atom. The molecule has 0 saturated heterocycles. The second kappa shape index (κ2) is 7.59. The van der Waals surface area contributed by atoms with Gasteiger partial charge in [0.15, 0.2) is 0 Å². The predicted octanol–water partition coefficient (Wildman–Crippen LogP) is 2.55. The predicted molar refractivity (Wildman–Crippen MR) is 56.2 cm³/mol. The second-order valence-corrected chi connectivity index (χ2v) is 3.08. The Kier molecular flexibility index (Phi) is 6.98. The first-order chi connectivity index (χ1) is 6.22. The normalized spacial score (nSPS) is 11.3. The number of primary amides is 1. The number of carbonyl (C=O) groups is 1. The lowest BCUT2D eigenvalue weighted by molar-refractivity contribution is -0.114. The van der Waals surface area contributed by atoms with Crippen molar-refractivity contribution in [2.75, 3.05) is 0 Å². The summed E-state index contributed by atoms with van der Waals surface area (Å²) in [5, 5.41) is 0. The zero-order valence-electron chi connectivity index (χ0n) is 8.38. The molecule has 13 heavy (non-hydrogen) atoms. The number of carbonyl (C=O) groups excluding carboxylic acids is 1. The maximum Gasteiger partial charge on any atom is 0.244 e. The number of unbranched alkanes of at least 4 members (excludes halogenated alkanes) is 2. The summed E-state index contributed by atoms with van der Waals surface area (Å²) in [6.07, 6.45) is 8.52. The molecule has 0 spiro atoms. The molecule has 0 bridgehead atoms. The molecule has 2 N–H and O–H groups in total. The number of allylic oxidation sites excluding steroid dienone is 2. The summed E-state index contributed by atoms with van der Waals surface area (Å²) in [6, 6.07) is 0. The van der Waals surface area contributed by atoms with Gasteiger partial charge in [0.1, 0.15) is 0 Å². The minimum absolute atomic E-state index is 0.294. The highest BCUT2D eigenvalue weighted by atomic mass is 16.1. The van der Waals surface area contributed by atoms with Crippen LogP contribution in [-0.2, 0) is 4.79 Å². The fraction of sp³-hybridized carbons (Fsp3) is 0.545. The molecule has 2 nitrogen and oxygen atoms in total. The Morgan fingerprint density at radius 3 is 2.62 bits per heavy atom. The van der Waals surface area contributed by atoms with Crippen molar-refractivity contribution in [2.24, 2.45) is 5.73 Å². The van der Waals surface area contributed by atoms with Gasteiger partial charge in [-0.2, -0.15) is 0 Å². The van der Waals surface area contributed by atoms with E-state index in [9.17, 15) is 4.79 Å². The molecule has 0 unspecified atom stereocenters. The van der Waals surface area contributed by atoms with E-state index in [1.807, 2.05) is 6.08 Å². The Hall–Kier alpha value is -1.05. The van der Waals surface area contributed by atoms with Crippen LogP contribution in [0.5, 0.6) is 0 Å². The van der Waals surface area contributed by atoms with E-state index < -0.39 is 0 Å². The molecule has 74 valence electrons. The zero-order chi connectivity index (χ0) is 10.1. The summed E-state index contributed by atoms with van der Waals surface area (Å²) in [7, 11) is 0. The monoisotopic (exact) mass is 181 g/mol. The van der Waals surface area contributed by atoms with Gasteiger partial charge < -0.3 is 5.73 Å². The average Bonchev–Trinajstić information content (AvgIpc) is 2.10. The molecule has 0 saturated carbocycles. The molecular weight excluding hydrogens is 162 g/mol. The minimum Gasteiger partial charge on any atom is -0.366 e. The summed E-state index contributed by atoms with van der Waals surface area (Å²) in [6.45, 7) is 5.73. The quantitative estimate of drug-likeness (QED) is 0.366. The van der Waals surface area contributed by atoms with E-state index >= 15 is 0 Å². The van der Waals surface area contributed by atoms with Crippen molar-refractivity contribution in [3.8, 4) is 0 Å². The summed E-state index contributed by atoms with van der Waals surface area (Å²) in [5.74, 6) is -0.294. The number of hydrogen-bond donors (Lipinski definition) is 1. The van der Waals surface area contributed by atoms with Gasteiger partial charge in [0.25, 0.3) is 0 Å². The summed E-state index contributed by atoms with van der Waals surface area (Å²) in [4.78, 5) is 10.9. The molecule has 0 heterocycles. The van der Waals surface area contributed by atoms with Gasteiger partial charge in [-0.25, -0.2) is 0 Å².